The number of nitrogens with one attached hydrogen (secondary N) is 1. The van der Waals surface area contributed by atoms with E-state index in [0.717, 1.165) is 6.54 Å². The molecule has 1 saturated heterocycles. The van der Waals surface area contributed by atoms with Gasteiger partial charge in [0.1, 0.15) is 11.5 Å². The van der Waals surface area contributed by atoms with E-state index in [1.54, 1.807) is 6.92 Å². The van der Waals surface area contributed by atoms with Crippen LogP contribution in [0.25, 0.3) is 0 Å². The molecule has 0 aromatic heterocycles. The molecule has 20 heavy (non-hydrogen) atoms. The Kier molecular flexibility index (Phi) is 4.05. The van der Waals surface area contributed by atoms with Gasteiger partial charge in [-0.2, -0.15) is 0 Å². The maximum absolute atomic E-state index is 14.3. The van der Waals surface area contributed by atoms with Crippen molar-refractivity contribution in [3.63, 3.8) is 0 Å². The second-order valence-electron chi connectivity index (χ2n) is 6.86. The van der Waals surface area contributed by atoms with Gasteiger partial charge >= 0.3 is 0 Å². The minimum absolute atomic E-state index is 0.0508. The average molecular weight is 282 g/mol. The van der Waals surface area contributed by atoms with E-state index >= 15 is 0 Å². The van der Waals surface area contributed by atoms with E-state index in [0.29, 0.717) is 12.1 Å². The molecular weight excluding hydrogens is 258 g/mol. The number of benzene rings is 1. The van der Waals surface area contributed by atoms with Gasteiger partial charge in [0.25, 0.3) is 0 Å². The van der Waals surface area contributed by atoms with Gasteiger partial charge in [-0.05, 0) is 30.9 Å². The first-order valence-corrected chi connectivity index (χ1v) is 7.16. The predicted octanol–water partition coefficient (Wildman–Crippen LogP) is 3.49. The lowest BCUT2D eigenvalue weighted by atomic mass is 9.84. The summed E-state index contributed by atoms with van der Waals surface area (Å²) < 4.78 is 28.5. The molecule has 0 aliphatic carbocycles. The number of rotatable bonds is 1. The van der Waals surface area contributed by atoms with Gasteiger partial charge in [0.2, 0.25) is 0 Å². The smallest absolute Gasteiger partial charge is 0.152 e. The highest BCUT2D eigenvalue weighted by Gasteiger charge is 2.34. The minimum atomic E-state index is -0.477. The van der Waals surface area contributed by atoms with Crippen LogP contribution < -0.4 is 10.2 Å². The Bertz CT molecular complexity index is 494. The number of nitrogens with zero attached hydrogens (tertiary/aromatic N) is 1. The van der Waals surface area contributed by atoms with Crippen LogP contribution in [-0.4, -0.2) is 25.2 Å². The molecule has 1 heterocycles. The molecule has 1 fully saturated rings. The maximum atomic E-state index is 14.3. The molecule has 4 heteroatoms. The third-order valence-corrected chi connectivity index (χ3v) is 4.16. The molecule has 2 unspecified atom stereocenters. The maximum Gasteiger partial charge on any atom is 0.152 e. The quantitative estimate of drug-likeness (QED) is 0.848. The highest BCUT2D eigenvalue weighted by Crippen LogP contribution is 2.31. The predicted molar refractivity (Wildman–Crippen MR) is 79.1 cm³/mol. The molecule has 1 aromatic carbocycles. The van der Waals surface area contributed by atoms with Crippen LogP contribution in [0.15, 0.2) is 12.1 Å². The second-order valence-corrected chi connectivity index (χ2v) is 6.86. The first-order chi connectivity index (χ1) is 9.21. The van der Waals surface area contributed by atoms with Crippen molar-refractivity contribution in [1.82, 2.24) is 5.32 Å². The summed E-state index contributed by atoms with van der Waals surface area (Å²) in [6.45, 7) is 11.4. The zero-order chi connectivity index (χ0) is 15.1. The number of piperazine rings is 1. The number of halogens is 2. The number of hydrogen-bond donors (Lipinski definition) is 1. The van der Waals surface area contributed by atoms with E-state index in [1.807, 2.05) is 11.8 Å². The third kappa shape index (κ3) is 2.80. The number of anilines is 1. The van der Waals surface area contributed by atoms with Crippen LogP contribution in [0.1, 0.15) is 33.3 Å². The van der Waals surface area contributed by atoms with Crippen LogP contribution in [-0.2, 0) is 0 Å². The van der Waals surface area contributed by atoms with Crippen LogP contribution in [0.4, 0.5) is 14.5 Å². The fourth-order valence-corrected chi connectivity index (χ4v) is 2.66. The van der Waals surface area contributed by atoms with Crippen molar-refractivity contribution in [2.75, 3.05) is 18.0 Å². The Morgan fingerprint density at radius 2 is 1.90 bits per heavy atom. The van der Waals surface area contributed by atoms with Crippen LogP contribution >= 0.6 is 0 Å². The fraction of sp³-hybridized carbons (Fsp3) is 0.625. The Morgan fingerprint density at radius 1 is 1.25 bits per heavy atom. The van der Waals surface area contributed by atoms with Crippen LogP contribution in [0.5, 0.6) is 0 Å². The van der Waals surface area contributed by atoms with Crippen molar-refractivity contribution in [3.8, 4) is 0 Å². The first kappa shape index (κ1) is 15.2. The fourth-order valence-electron chi connectivity index (χ4n) is 2.66. The first-order valence-electron chi connectivity index (χ1n) is 7.16. The van der Waals surface area contributed by atoms with E-state index < -0.39 is 11.6 Å². The van der Waals surface area contributed by atoms with Gasteiger partial charge in [0.05, 0.1) is 0 Å². The average Bonchev–Trinajstić information content (AvgIpc) is 2.35. The SMILES string of the molecule is Cc1ccc(F)c(N2CC(C(C)(C)C)NCC2C)c1F. The minimum Gasteiger partial charge on any atom is -0.361 e. The zero-order valence-corrected chi connectivity index (χ0v) is 12.9. The number of aryl methyl sites for hydroxylation is 1. The Labute approximate surface area is 120 Å². The van der Waals surface area contributed by atoms with Crippen molar-refractivity contribution in [3.05, 3.63) is 29.3 Å². The standard InChI is InChI=1S/C16H24F2N2/c1-10-6-7-12(17)15(14(10)18)20-9-13(16(3,4)5)19-8-11(20)2/h6-7,11,13,19H,8-9H2,1-5H3. The largest absolute Gasteiger partial charge is 0.361 e. The van der Waals surface area contributed by atoms with Crippen molar-refractivity contribution >= 4 is 5.69 Å². The molecule has 0 radical (unpaired) electrons. The lowest BCUT2D eigenvalue weighted by molar-refractivity contribution is 0.237. The van der Waals surface area contributed by atoms with Gasteiger partial charge in [-0.3, -0.25) is 0 Å². The second kappa shape index (κ2) is 5.32. The van der Waals surface area contributed by atoms with Gasteiger partial charge < -0.3 is 10.2 Å². The summed E-state index contributed by atoms with van der Waals surface area (Å²) in [5, 5.41) is 3.48. The molecule has 1 aromatic rings. The molecule has 2 nitrogen and oxygen atoms in total. The molecule has 2 rings (SSSR count). The van der Waals surface area contributed by atoms with Gasteiger partial charge in [-0.15, -0.1) is 0 Å². The van der Waals surface area contributed by atoms with Crippen LogP contribution in [0, 0.1) is 24.0 Å². The van der Waals surface area contributed by atoms with E-state index in [9.17, 15) is 8.78 Å². The summed E-state index contributed by atoms with van der Waals surface area (Å²) in [4.78, 5) is 1.87. The molecule has 0 amide bonds. The van der Waals surface area contributed by atoms with Crippen LogP contribution in [0.2, 0.25) is 0 Å². The van der Waals surface area contributed by atoms with E-state index in [2.05, 4.69) is 26.1 Å². The topological polar surface area (TPSA) is 15.3 Å². The third-order valence-electron chi connectivity index (χ3n) is 4.16. The van der Waals surface area contributed by atoms with E-state index in [4.69, 9.17) is 0 Å². The lowest BCUT2D eigenvalue weighted by Gasteiger charge is -2.45. The summed E-state index contributed by atoms with van der Waals surface area (Å²) in [6.07, 6.45) is 0. The van der Waals surface area contributed by atoms with Gasteiger partial charge in [0, 0.05) is 25.2 Å². The molecule has 0 bridgehead atoms. The molecule has 0 spiro atoms. The molecule has 1 aliphatic rings. The zero-order valence-electron chi connectivity index (χ0n) is 12.9. The van der Waals surface area contributed by atoms with Crippen molar-refractivity contribution in [1.29, 1.82) is 0 Å². The van der Waals surface area contributed by atoms with Crippen molar-refractivity contribution < 1.29 is 8.78 Å². The normalized spacial score (nSPS) is 24.1. The van der Waals surface area contributed by atoms with Gasteiger partial charge in [0.15, 0.2) is 5.82 Å². The molecule has 2 atom stereocenters. The van der Waals surface area contributed by atoms with Crippen LogP contribution in [0.3, 0.4) is 0 Å². The Hall–Kier alpha value is -1.16. The summed E-state index contributed by atoms with van der Waals surface area (Å²) >= 11 is 0. The summed E-state index contributed by atoms with van der Waals surface area (Å²) in [5.74, 6) is -0.916. The molecule has 112 valence electrons. The number of hydrogen-bond acceptors (Lipinski definition) is 2. The monoisotopic (exact) mass is 282 g/mol. The van der Waals surface area contributed by atoms with E-state index in [-0.39, 0.29) is 23.2 Å². The van der Waals surface area contributed by atoms with Crippen molar-refractivity contribution in [2.45, 2.75) is 46.7 Å². The van der Waals surface area contributed by atoms with Crippen molar-refractivity contribution in [2.24, 2.45) is 5.41 Å². The molecule has 1 N–H and O–H groups in total. The van der Waals surface area contributed by atoms with E-state index in [1.165, 1.54) is 12.1 Å². The Morgan fingerprint density at radius 3 is 2.50 bits per heavy atom. The molecular formula is C16H24F2N2. The Balaban J connectivity index is 2.38. The van der Waals surface area contributed by atoms with Gasteiger partial charge in [-0.1, -0.05) is 26.8 Å². The summed E-state index contributed by atoms with van der Waals surface area (Å²) in [5.41, 5.74) is 0.655. The lowest BCUT2D eigenvalue weighted by Crippen LogP contribution is -2.60. The highest BCUT2D eigenvalue weighted by molar-refractivity contribution is 5.53. The summed E-state index contributed by atoms with van der Waals surface area (Å²) in [6, 6.07) is 3.12. The molecule has 1 aliphatic heterocycles. The van der Waals surface area contributed by atoms with Gasteiger partial charge in [-0.25, -0.2) is 8.78 Å². The molecule has 0 saturated carbocycles. The highest BCUT2D eigenvalue weighted by atomic mass is 19.1. The summed E-state index contributed by atoms with van der Waals surface area (Å²) in [7, 11) is 0.